The molecule has 2 heteroatoms. The predicted molar refractivity (Wildman–Crippen MR) is 101 cm³/mol. The first-order valence-electron chi connectivity index (χ1n) is 8.27. The van der Waals surface area contributed by atoms with Crippen molar-refractivity contribution < 1.29 is 2.85 Å². The van der Waals surface area contributed by atoms with Gasteiger partial charge in [-0.05, 0) is 38.5 Å². The van der Waals surface area contributed by atoms with Crippen LogP contribution in [0.15, 0.2) is 24.3 Å². The molecular formula is C18H35BrMg. The molecule has 116 valence electrons. The van der Waals surface area contributed by atoms with Crippen LogP contribution in [0.4, 0.5) is 0 Å². The Labute approximate surface area is 155 Å². The Bertz CT molecular complexity index is 221. The molecule has 0 saturated carbocycles. The molecule has 0 aliphatic heterocycles. The molecule has 0 nitrogen and oxygen atoms in total. The van der Waals surface area contributed by atoms with Crippen LogP contribution >= 0.6 is 15.9 Å². The average Bonchev–Trinajstić information content (AvgIpc) is 2.43. The maximum Gasteiger partial charge on any atom is 2.00 e. The topological polar surface area (TPSA) is 0 Å². The molecule has 0 radical (unpaired) electrons. The number of rotatable bonds is 14. The predicted octanol–water partition coefficient (Wildman–Crippen LogP) is 7.04. The summed E-state index contributed by atoms with van der Waals surface area (Å²) in [5, 5.41) is 1.17. The SMILES string of the molecule is CCCCC/C=C\C/C=C\CCCCCCCCBr.[H-].[H-].[Mg+2]. The fourth-order valence-corrected chi connectivity index (χ4v) is 2.48. The zero-order valence-corrected chi connectivity index (χ0v) is 16.6. The minimum Gasteiger partial charge on any atom is -1.00 e. The Morgan fingerprint density at radius 1 is 0.700 bits per heavy atom. The van der Waals surface area contributed by atoms with Crippen LogP contribution in [0.5, 0.6) is 0 Å². The Hall–Kier alpha value is 0.726. The second kappa shape index (κ2) is 22.0. The van der Waals surface area contributed by atoms with E-state index in [4.69, 9.17) is 0 Å². The largest absolute Gasteiger partial charge is 2.00 e. The van der Waals surface area contributed by atoms with Gasteiger partial charge in [0.2, 0.25) is 0 Å². The molecule has 0 N–H and O–H groups in total. The molecule has 0 aromatic rings. The fraction of sp³-hybridized carbons (Fsp3) is 0.778. The molecule has 0 aliphatic carbocycles. The third-order valence-corrected chi connectivity index (χ3v) is 3.89. The number of hydrogen-bond acceptors (Lipinski definition) is 0. The molecule has 0 rings (SSSR count). The maximum absolute atomic E-state index is 3.48. The van der Waals surface area contributed by atoms with Gasteiger partial charge in [-0.25, -0.2) is 0 Å². The summed E-state index contributed by atoms with van der Waals surface area (Å²) in [6.07, 6.45) is 25.3. The van der Waals surface area contributed by atoms with Gasteiger partial charge >= 0.3 is 23.1 Å². The van der Waals surface area contributed by atoms with Crippen LogP contribution < -0.4 is 0 Å². The fourth-order valence-electron chi connectivity index (χ4n) is 2.08. The zero-order chi connectivity index (χ0) is 14.0. The first-order valence-corrected chi connectivity index (χ1v) is 9.40. The summed E-state index contributed by atoms with van der Waals surface area (Å²) in [5.74, 6) is 0. The minimum atomic E-state index is 0. The Kier molecular flexibility index (Phi) is 25.3. The van der Waals surface area contributed by atoms with E-state index in [9.17, 15) is 0 Å². The molecular weight excluding hydrogens is 320 g/mol. The Morgan fingerprint density at radius 3 is 1.75 bits per heavy atom. The van der Waals surface area contributed by atoms with Crippen LogP contribution in [0.3, 0.4) is 0 Å². The van der Waals surface area contributed by atoms with Crippen LogP contribution in [0.2, 0.25) is 0 Å². The van der Waals surface area contributed by atoms with Crippen molar-refractivity contribution in [2.45, 2.75) is 84.0 Å². The van der Waals surface area contributed by atoms with E-state index in [1.807, 2.05) is 0 Å². The molecule has 0 aliphatic rings. The molecule has 0 bridgehead atoms. The van der Waals surface area contributed by atoms with Crippen LogP contribution in [-0.2, 0) is 0 Å². The van der Waals surface area contributed by atoms with Gasteiger partial charge < -0.3 is 2.85 Å². The van der Waals surface area contributed by atoms with E-state index < -0.39 is 0 Å². The molecule has 0 atom stereocenters. The third-order valence-electron chi connectivity index (χ3n) is 3.33. The van der Waals surface area contributed by atoms with Crippen molar-refractivity contribution in [3.05, 3.63) is 24.3 Å². The second-order valence-electron chi connectivity index (χ2n) is 5.27. The maximum atomic E-state index is 3.48. The molecule has 0 fully saturated rings. The first-order chi connectivity index (χ1) is 9.41. The van der Waals surface area contributed by atoms with Gasteiger partial charge in [0.15, 0.2) is 0 Å². The van der Waals surface area contributed by atoms with Crippen LogP contribution in [-0.4, -0.2) is 28.4 Å². The monoisotopic (exact) mass is 354 g/mol. The molecule has 20 heavy (non-hydrogen) atoms. The molecule has 0 heterocycles. The van der Waals surface area contributed by atoms with Crippen molar-refractivity contribution in [3.8, 4) is 0 Å². The first kappa shape index (κ1) is 23.0. The summed E-state index contributed by atoms with van der Waals surface area (Å²) in [7, 11) is 0. The molecule has 0 aromatic carbocycles. The summed E-state index contributed by atoms with van der Waals surface area (Å²) in [4.78, 5) is 0. The number of unbranched alkanes of at least 4 members (excludes halogenated alkanes) is 9. The third kappa shape index (κ3) is 21.0. The number of halogens is 1. The van der Waals surface area contributed by atoms with Crippen molar-refractivity contribution in [2.24, 2.45) is 0 Å². The van der Waals surface area contributed by atoms with E-state index in [-0.39, 0.29) is 25.9 Å². The summed E-state index contributed by atoms with van der Waals surface area (Å²) >= 11 is 3.48. The van der Waals surface area contributed by atoms with E-state index in [0.717, 1.165) is 6.42 Å². The number of hydrogen-bond donors (Lipinski definition) is 0. The van der Waals surface area contributed by atoms with Crippen LogP contribution in [0.25, 0.3) is 0 Å². The normalized spacial score (nSPS) is 11.3. The van der Waals surface area contributed by atoms with Gasteiger partial charge in [0.05, 0.1) is 0 Å². The van der Waals surface area contributed by atoms with Gasteiger partial charge in [-0.15, -0.1) is 0 Å². The smallest absolute Gasteiger partial charge is 1.00 e. The molecule has 0 aromatic heterocycles. The van der Waals surface area contributed by atoms with Crippen molar-refractivity contribution >= 4 is 39.0 Å². The quantitative estimate of drug-likeness (QED) is 0.136. The van der Waals surface area contributed by atoms with Gasteiger partial charge in [0, 0.05) is 5.33 Å². The zero-order valence-electron chi connectivity index (χ0n) is 15.6. The van der Waals surface area contributed by atoms with Gasteiger partial charge in [-0.3, -0.25) is 0 Å². The van der Waals surface area contributed by atoms with Crippen molar-refractivity contribution in [1.29, 1.82) is 0 Å². The molecule has 0 amide bonds. The van der Waals surface area contributed by atoms with Gasteiger partial charge in [0.25, 0.3) is 0 Å². The standard InChI is InChI=1S/C18H33Br.Mg.2H/c1-2-3-4-5-6-7-8-9-10-11-12-13-14-15-16-17-18-19;;;/h6-7,9-10H,2-5,8,11-18H2,1H3;;;/q;+2;2*-1/b7-6-,10-9-;;;. The Morgan fingerprint density at radius 2 is 1.20 bits per heavy atom. The van der Waals surface area contributed by atoms with E-state index >= 15 is 0 Å². The van der Waals surface area contributed by atoms with Gasteiger partial charge in [-0.2, -0.15) is 0 Å². The van der Waals surface area contributed by atoms with Crippen LogP contribution in [0.1, 0.15) is 86.8 Å². The van der Waals surface area contributed by atoms with Gasteiger partial charge in [0.1, 0.15) is 0 Å². The van der Waals surface area contributed by atoms with Crippen molar-refractivity contribution in [1.82, 2.24) is 0 Å². The van der Waals surface area contributed by atoms with Gasteiger partial charge in [-0.1, -0.05) is 85.7 Å². The summed E-state index contributed by atoms with van der Waals surface area (Å²) in [5.41, 5.74) is 0. The summed E-state index contributed by atoms with van der Waals surface area (Å²) in [6.45, 7) is 2.26. The van der Waals surface area contributed by atoms with Crippen molar-refractivity contribution in [2.75, 3.05) is 5.33 Å². The summed E-state index contributed by atoms with van der Waals surface area (Å²) in [6, 6.07) is 0. The van der Waals surface area contributed by atoms with Crippen LogP contribution in [0, 0.1) is 0 Å². The van der Waals surface area contributed by atoms with E-state index in [2.05, 4.69) is 47.2 Å². The molecule has 0 spiro atoms. The summed E-state index contributed by atoms with van der Waals surface area (Å²) < 4.78 is 0. The Balaban J connectivity index is -0.000000540. The number of allylic oxidation sites excluding steroid dienone is 4. The van der Waals surface area contributed by atoms with E-state index in [1.54, 1.807) is 0 Å². The molecule has 0 saturated heterocycles. The van der Waals surface area contributed by atoms with Crippen molar-refractivity contribution in [3.63, 3.8) is 0 Å². The number of alkyl halides is 1. The minimum absolute atomic E-state index is 0. The molecule has 0 unspecified atom stereocenters. The second-order valence-corrected chi connectivity index (χ2v) is 6.07. The average molecular weight is 356 g/mol. The van der Waals surface area contributed by atoms with E-state index in [1.165, 1.54) is 76.0 Å². The van der Waals surface area contributed by atoms with E-state index in [0.29, 0.717) is 0 Å².